The Hall–Kier alpha value is -4.75. The number of nitrogens with one attached hydrogen (secondary N) is 1. The summed E-state index contributed by atoms with van der Waals surface area (Å²) in [7, 11) is 0. The molecule has 4 aromatic rings. The molecular formula is C34H25F10NO3. The van der Waals surface area contributed by atoms with E-state index < -0.39 is 58.4 Å². The van der Waals surface area contributed by atoms with Crippen LogP contribution < -0.4 is 14.8 Å². The molecular weight excluding hydrogens is 660 g/mol. The summed E-state index contributed by atoms with van der Waals surface area (Å²) in [6, 6.07) is 16.8. The van der Waals surface area contributed by atoms with E-state index in [-0.39, 0.29) is 41.9 Å². The Bertz CT molecular complexity index is 1770. The maximum atomic E-state index is 15.0. The van der Waals surface area contributed by atoms with Crippen molar-refractivity contribution in [3.05, 3.63) is 130 Å². The monoisotopic (exact) mass is 685 g/mol. The summed E-state index contributed by atoms with van der Waals surface area (Å²) < 4.78 is 146. The van der Waals surface area contributed by atoms with Gasteiger partial charge in [-0.1, -0.05) is 48.5 Å². The van der Waals surface area contributed by atoms with Crippen molar-refractivity contribution in [2.24, 2.45) is 5.92 Å². The summed E-state index contributed by atoms with van der Waals surface area (Å²) in [4.78, 5) is 13.8. The highest BCUT2D eigenvalue weighted by atomic mass is 19.4. The quantitative estimate of drug-likeness (QED) is 0.160. The van der Waals surface area contributed by atoms with Crippen LogP contribution in [0.1, 0.15) is 45.5 Å². The molecule has 1 fully saturated rings. The minimum absolute atomic E-state index is 0.0183. The second-order valence-electron chi connectivity index (χ2n) is 11.3. The van der Waals surface area contributed by atoms with E-state index in [0.29, 0.717) is 11.6 Å². The van der Waals surface area contributed by atoms with Crippen molar-refractivity contribution in [2.45, 2.75) is 43.3 Å². The van der Waals surface area contributed by atoms with E-state index >= 15 is 0 Å². The van der Waals surface area contributed by atoms with Gasteiger partial charge in [-0.25, -0.2) is 8.78 Å². The highest BCUT2D eigenvalue weighted by molar-refractivity contribution is 5.95. The highest BCUT2D eigenvalue weighted by Gasteiger charge is 2.61. The Morgan fingerprint density at radius 3 is 2.06 bits per heavy atom. The third-order valence-corrected chi connectivity index (χ3v) is 7.67. The van der Waals surface area contributed by atoms with Crippen LogP contribution in [-0.4, -0.2) is 24.8 Å². The summed E-state index contributed by atoms with van der Waals surface area (Å²) in [5.74, 6) is -4.76. The normalized spacial score (nSPS) is 15.0. The fourth-order valence-electron chi connectivity index (χ4n) is 5.01. The van der Waals surface area contributed by atoms with Gasteiger partial charge < -0.3 is 14.8 Å². The number of hydrogen-bond donors (Lipinski definition) is 1. The van der Waals surface area contributed by atoms with Crippen LogP contribution >= 0.6 is 0 Å². The molecule has 0 radical (unpaired) electrons. The number of benzene rings is 4. The molecule has 0 spiro atoms. The molecule has 254 valence electrons. The first-order valence-corrected chi connectivity index (χ1v) is 14.4. The largest absolute Gasteiger partial charge is 0.499 e. The van der Waals surface area contributed by atoms with E-state index in [0.717, 1.165) is 43.2 Å². The highest BCUT2D eigenvalue weighted by Crippen LogP contribution is 2.42. The number of carbonyl (C=O) groups is 1. The zero-order valence-corrected chi connectivity index (χ0v) is 24.6. The number of hydrogen-bond acceptors (Lipinski definition) is 3. The molecule has 1 atom stereocenters. The van der Waals surface area contributed by atoms with Crippen LogP contribution in [0.5, 0.6) is 11.5 Å². The smallest absolute Gasteiger partial charge is 0.490 e. The van der Waals surface area contributed by atoms with Gasteiger partial charge in [0.15, 0.2) is 11.6 Å². The van der Waals surface area contributed by atoms with Crippen molar-refractivity contribution in [2.75, 3.05) is 6.61 Å². The predicted molar refractivity (Wildman–Crippen MR) is 152 cm³/mol. The van der Waals surface area contributed by atoms with Crippen LogP contribution in [0.2, 0.25) is 0 Å². The Balaban J connectivity index is 1.70. The lowest BCUT2D eigenvalue weighted by atomic mass is 9.77. The van der Waals surface area contributed by atoms with Crippen LogP contribution in [0, 0.1) is 17.6 Å². The van der Waals surface area contributed by atoms with E-state index in [1.807, 2.05) is 0 Å². The van der Waals surface area contributed by atoms with Crippen molar-refractivity contribution in [3.63, 3.8) is 0 Å². The lowest BCUT2D eigenvalue weighted by Gasteiger charge is -2.37. The first-order valence-electron chi connectivity index (χ1n) is 14.4. The molecule has 14 heteroatoms. The van der Waals surface area contributed by atoms with E-state index in [2.05, 4.69) is 10.1 Å². The fraction of sp³-hybridized carbons (Fsp3) is 0.265. The molecule has 1 aliphatic rings. The van der Waals surface area contributed by atoms with Gasteiger partial charge >= 0.3 is 18.5 Å². The standard InChI is InChI=1S/C34H25F10NO3/c35-27-13-11-22(15-26(27)32(37,38)39)30(46)45-31(18-20-5-2-1-3-6-20,24-12-14-28(36)29(17-24)47-19-21-9-10-21)23-7-4-8-25(16-23)48-34(43,44)33(40,41)42/h1-8,11-17,21H,9-10,18-19H2,(H,45,46)/t31-/m1/s1. The maximum Gasteiger partial charge on any atom is 0.499 e. The molecule has 1 amide bonds. The minimum atomic E-state index is -6.10. The van der Waals surface area contributed by atoms with Gasteiger partial charge in [0, 0.05) is 12.0 Å². The van der Waals surface area contributed by atoms with Gasteiger partial charge in [0.1, 0.15) is 11.6 Å². The third-order valence-electron chi connectivity index (χ3n) is 7.67. The van der Waals surface area contributed by atoms with Crippen molar-refractivity contribution in [3.8, 4) is 11.5 Å². The van der Waals surface area contributed by atoms with E-state index in [9.17, 15) is 48.7 Å². The number of alkyl halides is 8. The molecule has 0 saturated heterocycles. The number of rotatable bonds is 11. The van der Waals surface area contributed by atoms with Gasteiger partial charge in [-0.15, -0.1) is 0 Å². The van der Waals surface area contributed by atoms with Gasteiger partial charge in [-0.05, 0) is 77.9 Å². The summed E-state index contributed by atoms with van der Waals surface area (Å²) in [5, 5.41) is 2.60. The Labute approximate surface area is 267 Å². The van der Waals surface area contributed by atoms with Gasteiger partial charge in [-0.2, -0.15) is 35.1 Å². The number of halogens is 10. The fourth-order valence-corrected chi connectivity index (χ4v) is 5.01. The average Bonchev–Trinajstić information content (AvgIpc) is 3.84. The lowest BCUT2D eigenvalue weighted by Crippen LogP contribution is -2.49. The summed E-state index contributed by atoms with van der Waals surface area (Å²) >= 11 is 0. The molecule has 1 aliphatic carbocycles. The summed E-state index contributed by atoms with van der Waals surface area (Å²) in [5.41, 5.74) is -4.12. The molecule has 1 N–H and O–H groups in total. The molecule has 5 rings (SSSR count). The van der Waals surface area contributed by atoms with E-state index in [1.165, 1.54) is 18.2 Å². The molecule has 0 heterocycles. The van der Waals surface area contributed by atoms with Crippen LogP contribution in [0.3, 0.4) is 0 Å². The summed E-state index contributed by atoms with van der Waals surface area (Å²) in [6.45, 7) is 0.143. The van der Waals surface area contributed by atoms with Crippen LogP contribution in [0.15, 0.2) is 91.0 Å². The summed E-state index contributed by atoms with van der Waals surface area (Å²) in [6.07, 6.45) is -15.5. The van der Waals surface area contributed by atoms with Crippen molar-refractivity contribution >= 4 is 5.91 Å². The Morgan fingerprint density at radius 1 is 0.750 bits per heavy atom. The maximum absolute atomic E-state index is 15.0. The molecule has 4 nitrogen and oxygen atoms in total. The molecule has 0 bridgehead atoms. The molecule has 48 heavy (non-hydrogen) atoms. The molecule has 0 unspecified atom stereocenters. The molecule has 4 aromatic carbocycles. The zero-order chi connectivity index (χ0) is 34.9. The zero-order valence-electron chi connectivity index (χ0n) is 24.6. The van der Waals surface area contributed by atoms with E-state index in [1.54, 1.807) is 30.3 Å². The first kappa shape index (κ1) is 34.6. The lowest BCUT2D eigenvalue weighted by molar-refractivity contribution is -0.360. The average molecular weight is 686 g/mol. The van der Waals surface area contributed by atoms with Gasteiger partial charge in [-0.3, -0.25) is 4.79 Å². The second kappa shape index (κ2) is 13.0. The predicted octanol–water partition coefficient (Wildman–Crippen LogP) is 9.22. The van der Waals surface area contributed by atoms with Crippen molar-refractivity contribution in [1.29, 1.82) is 0 Å². The van der Waals surface area contributed by atoms with Gasteiger partial charge in [0.2, 0.25) is 0 Å². The molecule has 0 aromatic heterocycles. The topological polar surface area (TPSA) is 47.6 Å². The SMILES string of the molecule is O=C(N[C@](Cc1ccccc1)(c1cccc(OC(F)(F)C(F)(F)F)c1)c1ccc(F)c(OCC2CC2)c1)c1ccc(F)c(C(F)(F)F)c1. The second-order valence-corrected chi connectivity index (χ2v) is 11.3. The Kier molecular flexibility index (Phi) is 9.39. The van der Waals surface area contributed by atoms with Crippen LogP contribution in [0.25, 0.3) is 0 Å². The first-order chi connectivity index (χ1) is 22.5. The molecule has 1 saturated carbocycles. The van der Waals surface area contributed by atoms with Crippen LogP contribution in [0.4, 0.5) is 43.9 Å². The number of ether oxygens (including phenoxy) is 2. The molecule has 0 aliphatic heterocycles. The van der Waals surface area contributed by atoms with Gasteiger partial charge in [0.05, 0.1) is 17.7 Å². The van der Waals surface area contributed by atoms with Gasteiger partial charge in [0.25, 0.3) is 5.91 Å². The Morgan fingerprint density at radius 2 is 1.42 bits per heavy atom. The van der Waals surface area contributed by atoms with Crippen molar-refractivity contribution < 1.29 is 58.2 Å². The van der Waals surface area contributed by atoms with E-state index in [4.69, 9.17) is 4.74 Å². The number of carbonyl (C=O) groups excluding carboxylic acids is 1. The number of amides is 1. The van der Waals surface area contributed by atoms with Crippen molar-refractivity contribution in [1.82, 2.24) is 5.32 Å². The minimum Gasteiger partial charge on any atom is -0.490 e. The van der Waals surface area contributed by atoms with Crippen LogP contribution in [-0.2, 0) is 18.1 Å². The third kappa shape index (κ3) is 7.69.